The van der Waals surface area contributed by atoms with E-state index >= 15 is 0 Å². The summed E-state index contributed by atoms with van der Waals surface area (Å²) in [4.78, 5) is 0. The van der Waals surface area contributed by atoms with Crippen LogP contribution < -0.4 is 10.5 Å². The number of nitrogens with zero attached hydrogens (tertiary/aromatic N) is 2. The minimum absolute atomic E-state index is 0.434. The van der Waals surface area contributed by atoms with Crippen molar-refractivity contribution in [1.29, 1.82) is 0 Å². The molecule has 0 fully saturated rings. The number of benzene rings is 2. The quantitative estimate of drug-likeness (QED) is 0.276. The summed E-state index contributed by atoms with van der Waals surface area (Å²) in [6.07, 6.45) is 3.79. The third kappa shape index (κ3) is 7.32. The summed E-state index contributed by atoms with van der Waals surface area (Å²) < 4.78 is 6.76. The summed E-state index contributed by atoms with van der Waals surface area (Å²) in [6.45, 7) is 2.83. The van der Waals surface area contributed by atoms with Crippen LogP contribution in [0.25, 0.3) is 0 Å². The lowest BCUT2D eigenvalue weighted by molar-refractivity contribution is 0.309. The van der Waals surface area contributed by atoms with Gasteiger partial charge in [-0.2, -0.15) is 5.10 Å². The second-order valence-electron chi connectivity index (χ2n) is 5.34. The van der Waals surface area contributed by atoms with Crippen molar-refractivity contribution in [1.82, 2.24) is 0 Å². The molecule has 0 amide bonds. The molecular formula is C19H22BrN3OS. The van der Waals surface area contributed by atoms with E-state index in [9.17, 15) is 0 Å². The van der Waals surface area contributed by atoms with Gasteiger partial charge in [0.25, 0.3) is 0 Å². The zero-order valence-electron chi connectivity index (χ0n) is 14.2. The fraction of sp³-hybridized carbons (Fsp3) is 0.263. The minimum atomic E-state index is 0.434. The molecule has 132 valence electrons. The number of halogens is 1. The van der Waals surface area contributed by atoms with Crippen molar-refractivity contribution >= 4 is 39.1 Å². The van der Waals surface area contributed by atoms with Gasteiger partial charge in [-0.3, -0.25) is 0 Å². The Morgan fingerprint density at radius 1 is 1.24 bits per heavy atom. The Bertz CT molecular complexity index is 720. The first-order chi connectivity index (χ1) is 12.2. The first kappa shape index (κ1) is 19.5. The predicted molar refractivity (Wildman–Crippen MR) is 111 cm³/mol. The topological polar surface area (TPSA) is 60.0 Å². The summed E-state index contributed by atoms with van der Waals surface area (Å²) in [5, 5.41) is 8.59. The molecule has 2 rings (SSSR count). The number of ether oxygens (including phenoxy) is 1. The third-order valence-electron chi connectivity index (χ3n) is 3.31. The molecule has 0 spiro atoms. The van der Waals surface area contributed by atoms with Crippen LogP contribution in [-0.2, 0) is 5.75 Å². The Hall–Kier alpha value is -1.79. The van der Waals surface area contributed by atoms with E-state index in [4.69, 9.17) is 10.5 Å². The van der Waals surface area contributed by atoms with Crippen LogP contribution in [-0.4, -0.2) is 18.0 Å². The van der Waals surface area contributed by atoms with Crippen LogP contribution in [0.15, 0.2) is 63.2 Å². The zero-order chi connectivity index (χ0) is 17.9. The van der Waals surface area contributed by atoms with Crippen molar-refractivity contribution in [3.63, 3.8) is 0 Å². The molecule has 0 aliphatic carbocycles. The molecule has 2 N–H and O–H groups in total. The second-order valence-corrected chi connectivity index (χ2v) is 7.25. The van der Waals surface area contributed by atoms with Gasteiger partial charge >= 0.3 is 0 Å². The molecular weight excluding hydrogens is 398 g/mol. The number of amidine groups is 1. The Morgan fingerprint density at radius 3 is 2.80 bits per heavy atom. The minimum Gasteiger partial charge on any atom is -0.493 e. The molecule has 2 aromatic rings. The normalized spacial score (nSPS) is 11.8. The molecule has 0 saturated heterocycles. The van der Waals surface area contributed by atoms with E-state index in [2.05, 4.69) is 45.2 Å². The Kier molecular flexibility index (Phi) is 8.55. The number of unbranched alkanes of at least 4 members (excludes halogenated alkanes) is 1. The highest BCUT2D eigenvalue weighted by Gasteiger charge is 2.03. The van der Waals surface area contributed by atoms with Crippen LogP contribution in [0.2, 0.25) is 0 Å². The average Bonchev–Trinajstić information content (AvgIpc) is 2.63. The van der Waals surface area contributed by atoms with Crippen LogP contribution in [0.1, 0.15) is 30.9 Å². The van der Waals surface area contributed by atoms with E-state index in [-0.39, 0.29) is 0 Å². The molecule has 0 unspecified atom stereocenters. The van der Waals surface area contributed by atoms with Crippen molar-refractivity contribution in [3.8, 4) is 5.75 Å². The highest BCUT2D eigenvalue weighted by molar-refractivity contribution is 9.10. The predicted octanol–water partition coefficient (Wildman–Crippen LogP) is 5.21. The molecule has 25 heavy (non-hydrogen) atoms. The van der Waals surface area contributed by atoms with E-state index in [1.807, 2.05) is 36.4 Å². The van der Waals surface area contributed by atoms with Crippen LogP contribution >= 0.6 is 27.7 Å². The summed E-state index contributed by atoms with van der Waals surface area (Å²) >= 11 is 4.93. The molecule has 0 saturated carbocycles. The van der Waals surface area contributed by atoms with Gasteiger partial charge in [0.05, 0.1) is 12.8 Å². The number of thioether (sulfide) groups is 1. The van der Waals surface area contributed by atoms with Gasteiger partial charge in [0, 0.05) is 15.8 Å². The van der Waals surface area contributed by atoms with Crippen molar-refractivity contribution in [3.05, 3.63) is 64.1 Å². The second kappa shape index (κ2) is 10.9. The zero-order valence-corrected chi connectivity index (χ0v) is 16.6. The molecule has 0 aliphatic rings. The lowest BCUT2D eigenvalue weighted by atomic mass is 10.2. The fourth-order valence-electron chi connectivity index (χ4n) is 1.99. The molecule has 0 heterocycles. The maximum Gasteiger partial charge on any atom is 0.180 e. The third-order valence-corrected chi connectivity index (χ3v) is 4.66. The lowest BCUT2D eigenvalue weighted by Gasteiger charge is -2.08. The Morgan fingerprint density at radius 2 is 2.04 bits per heavy atom. The number of nitrogens with two attached hydrogens (primary N) is 1. The van der Waals surface area contributed by atoms with Crippen molar-refractivity contribution in [2.24, 2.45) is 15.9 Å². The number of hydrogen-bond donors (Lipinski definition) is 1. The number of hydrogen-bond acceptors (Lipinski definition) is 4. The highest BCUT2D eigenvalue weighted by atomic mass is 79.9. The molecule has 0 aromatic heterocycles. The van der Waals surface area contributed by atoms with Crippen LogP contribution in [0.3, 0.4) is 0 Å². The van der Waals surface area contributed by atoms with Crippen molar-refractivity contribution in [2.75, 3.05) is 6.61 Å². The number of rotatable bonds is 8. The molecule has 6 heteroatoms. The first-order valence-corrected chi connectivity index (χ1v) is 9.92. The van der Waals surface area contributed by atoms with E-state index < -0.39 is 0 Å². The molecule has 0 aliphatic heterocycles. The van der Waals surface area contributed by atoms with Gasteiger partial charge in [-0.15, -0.1) is 5.10 Å². The lowest BCUT2D eigenvalue weighted by Crippen LogP contribution is -2.06. The molecule has 2 aromatic carbocycles. The van der Waals surface area contributed by atoms with Crippen LogP contribution in [0.5, 0.6) is 5.75 Å². The van der Waals surface area contributed by atoms with Gasteiger partial charge in [-0.05, 0) is 30.2 Å². The first-order valence-electron chi connectivity index (χ1n) is 8.14. The van der Waals surface area contributed by atoms with Gasteiger partial charge in [0.15, 0.2) is 5.17 Å². The summed E-state index contributed by atoms with van der Waals surface area (Å²) in [7, 11) is 0. The van der Waals surface area contributed by atoms with Crippen LogP contribution in [0.4, 0.5) is 0 Å². The standard InChI is InChI=1S/C19H22BrN3OS/c1-2-3-11-24-18-10-9-17(20)12-16(18)13-22-23-19(21)25-14-15-7-5-4-6-8-15/h4-10,12-13H,2-3,11,14H2,1H3,(H2,21,23). The SMILES string of the molecule is CCCCOc1ccc(Br)cc1C=NN=C(N)SCc1ccccc1. The molecule has 0 bridgehead atoms. The van der Waals surface area contributed by atoms with Gasteiger partial charge < -0.3 is 10.5 Å². The van der Waals surface area contributed by atoms with Gasteiger partial charge in [0.1, 0.15) is 5.75 Å². The van der Waals surface area contributed by atoms with Gasteiger partial charge in [-0.1, -0.05) is 71.4 Å². The van der Waals surface area contributed by atoms with E-state index in [1.165, 1.54) is 17.3 Å². The average molecular weight is 420 g/mol. The summed E-state index contributed by atoms with van der Waals surface area (Å²) in [5.41, 5.74) is 7.98. The van der Waals surface area contributed by atoms with Crippen molar-refractivity contribution < 1.29 is 4.74 Å². The Labute approximate surface area is 161 Å². The van der Waals surface area contributed by atoms with Crippen molar-refractivity contribution in [2.45, 2.75) is 25.5 Å². The van der Waals surface area contributed by atoms with Gasteiger partial charge in [0.2, 0.25) is 0 Å². The van der Waals surface area contributed by atoms with E-state index in [0.29, 0.717) is 11.8 Å². The highest BCUT2D eigenvalue weighted by Crippen LogP contribution is 2.22. The molecule has 0 atom stereocenters. The maximum atomic E-state index is 5.91. The largest absolute Gasteiger partial charge is 0.493 e. The van der Waals surface area contributed by atoms with E-state index in [0.717, 1.165) is 34.4 Å². The Balaban J connectivity index is 1.96. The molecule has 4 nitrogen and oxygen atoms in total. The van der Waals surface area contributed by atoms with Gasteiger partial charge in [-0.25, -0.2) is 0 Å². The monoisotopic (exact) mass is 419 g/mol. The fourth-order valence-corrected chi connectivity index (χ4v) is 2.98. The molecule has 0 radical (unpaired) electrons. The van der Waals surface area contributed by atoms with Crippen LogP contribution in [0, 0.1) is 0 Å². The smallest absolute Gasteiger partial charge is 0.180 e. The van der Waals surface area contributed by atoms with E-state index in [1.54, 1.807) is 6.21 Å². The maximum absolute atomic E-state index is 5.91. The summed E-state index contributed by atoms with van der Waals surface area (Å²) in [6, 6.07) is 16.0. The summed E-state index contributed by atoms with van der Waals surface area (Å²) in [5.74, 6) is 1.57.